The minimum Gasteiger partial charge on any atom is -0.481 e. The highest BCUT2D eigenvalue weighted by molar-refractivity contribution is 9.10. The molecule has 0 aromatic heterocycles. The van der Waals surface area contributed by atoms with Gasteiger partial charge in [-0.1, -0.05) is 17.7 Å². The topological polar surface area (TPSA) is 78.4 Å². The van der Waals surface area contributed by atoms with Crippen LogP contribution in [0.15, 0.2) is 22.7 Å². The van der Waals surface area contributed by atoms with Crippen molar-refractivity contribution in [1.82, 2.24) is 5.32 Å². The Morgan fingerprint density at radius 1 is 1.50 bits per heavy atom. The summed E-state index contributed by atoms with van der Waals surface area (Å²) in [4.78, 5) is 22.0. The number of carboxylic acid groups (broad SMARTS) is 1. The van der Waals surface area contributed by atoms with Crippen molar-refractivity contribution in [1.29, 1.82) is 0 Å². The van der Waals surface area contributed by atoms with E-state index in [9.17, 15) is 9.59 Å². The van der Waals surface area contributed by atoms with Crippen LogP contribution < -0.4 is 10.6 Å². The number of amides is 2. The summed E-state index contributed by atoms with van der Waals surface area (Å²) in [5.41, 5.74) is 0.516. The number of nitrogens with one attached hydrogen (secondary N) is 2. The van der Waals surface area contributed by atoms with E-state index >= 15 is 0 Å². The lowest BCUT2D eigenvalue weighted by molar-refractivity contribution is -0.137. The van der Waals surface area contributed by atoms with Crippen molar-refractivity contribution in [3.05, 3.63) is 27.7 Å². The molecule has 0 aliphatic rings. The highest BCUT2D eigenvalue weighted by atomic mass is 79.9. The molecular weight excluding hydrogens is 323 g/mol. The molecule has 0 radical (unpaired) electrons. The molecule has 1 unspecified atom stereocenters. The number of carbonyl (C=O) groups excluding carboxylic acids is 1. The largest absolute Gasteiger partial charge is 0.481 e. The van der Waals surface area contributed by atoms with Gasteiger partial charge in [-0.05, 0) is 35.0 Å². The summed E-state index contributed by atoms with van der Waals surface area (Å²) in [6, 6.07) is 4.12. The quantitative estimate of drug-likeness (QED) is 0.791. The molecule has 1 aromatic rings. The minimum atomic E-state index is -0.966. The Kier molecular flexibility index (Phi) is 5.43. The molecule has 5 nitrogen and oxygen atoms in total. The molecule has 98 valence electrons. The monoisotopic (exact) mass is 334 g/mol. The van der Waals surface area contributed by atoms with Crippen LogP contribution in [-0.2, 0) is 4.79 Å². The molecule has 0 fully saturated rings. The second-order valence-electron chi connectivity index (χ2n) is 3.70. The second-order valence-corrected chi connectivity index (χ2v) is 4.90. The average Bonchev–Trinajstić information content (AvgIpc) is 2.23. The maximum Gasteiger partial charge on any atom is 0.319 e. The number of hydrogen-bond donors (Lipinski definition) is 3. The number of anilines is 1. The van der Waals surface area contributed by atoms with Gasteiger partial charge in [-0.3, -0.25) is 4.79 Å². The Morgan fingerprint density at radius 3 is 2.78 bits per heavy atom. The van der Waals surface area contributed by atoms with E-state index in [4.69, 9.17) is 16.7 Å². The van der Waals surface area contributed by atoms with Crippen LogP contribution in [0.25, 0.3) is 0 Å². The van der Waals surface area contributed by atoms with Gasteiger partial charge in [0, 0.05) is 6.04 Å². The molecule has 1 atom stereocenters. The maximum absolute atomic E-state index is 11.6. The summed E-state index contributed by atoms with van der Waals surface area (Å²) < 4.78 is 0.577. The van der Waals surface area contributed by atoms with Gasteiger partial charge in [-0.15, -0.1) is 0 Å². The van der Waals surface area contributed by atoms with Crippen molar-refractivity contribution in [3.63, 3.8) is 0 Å². The predicted molar refractivity (Wildman–Crippen MR) is 73.0 cm³/mol. The van der Waals surface area contributed by atoms with Crippen LogP contribution in [0.2, 0.25) is 5.02 Å². The van der Waals surface area contributed by atoms with E-state index in [1.54, 1.807) is 25.1 Å². The van der Waals surface area contributed by atoms with Crippen LogP contribution in [0.3, 0.4) is 0 Å². The third-order valence-corrected chi connectivity index (χ3v) is 3.46. The average molecular weight is 336 g/mol. The number of hydrogen-bond acceptors (Lipinski definition) is 2. The first-order chi connectivity index (χ1) is 8.40. The molecule has 0 aliphatic carbocycles. The van der Waals surface area contributed by atoms with Crippen molar-refractivity contribution >= 4 is 45.2 Å². The highest BCUT2D eigenvalue weighted by Gasteiger charge is 2.12. The van der Waals surface area contributed by atoms with Gasteiger partial charge in [-0.25, -0.2) is 4.79 Å². The zero-order valence-corrected chi connectivity index (χ0v) is 11.9. The first-order valence-corrected chi connectivity index (χ1v) is 6.30. The van der Waals surface area contributed by atoms with Crippen LogP contribution in [0.1, 0.15) is 13.3 Å². The van der Waals surface area contributed by atoms with E-state index in [1.165, 1.54) is 0 Å². The number of rotatable bonds is 4. The summed E-state index contributed by atoms with van der Waals surface area (Å²) in [5.74, 6) is -0.966. The standard InChI is InChI=1S/C11H12BrClN2O3/c1-6(5-9(16)17)14-11(18)15-8-4-2-3-7(13)10(8)12/h2-4,6H,5H2,1H3,(H,16,17)(H2,14,15,18). The summed E-state index contributed by atoms with van der Waals surface area (Å²) in [5, 5.41) is 14.1. The summed E-state index contributed by atoms with van der Waals surface area (Å²) in [7, 11) is 0. The normalized spacial score (nSPS) is 11.7. The van der Waals surface area contributed by atoms with Crippen molar-refractivity contribution < 1.29 is 14.7 Å². The Bertz CT molecular complexity index is 468. The van der Waals surface area contributed by atoms with Crippen LogP contribution in [0, 0.1) is 0 Å². The van der Waals surface area contributed by atoms with Crippen molar-refractivity contribution in [2.75, 3.05) is 5.32 Å². The number of halogens is 2. The zero-order chi connectivity index (χ0) is 13.7. The fourth-order valence-corrected chi connectivity index (χ4v) is 1.83. The lowest BCUT2D eigenvalue weighted by atomic mass is 10.2. The molecule has 3 N–H and O–H groups in total. The molecule has 0 spiro atoms. The van der Waals surface area contributed by atoms with E-state index in [1.807, 2.05) is 0 Å². The zero-order valence-electron chi connectivity index (χ0n) is 9.54. The number of urea groups is 1. The molecule has 0 bridgehead atoms. The second kappa shape index (κ2) is 6.61. The predicted octanol–water partition coefficient (Wildman–Crippen LogP) is 3.09. The van der Waals surface area contributed by atoms with Crippen LogP contribution >= 0.6 is 27.5 Å². The van der Waals surface area contributed by atoms with Crippen molar-refractivity contribution in [2.45, 2.75) is 19.4 Å². The van der Waals surface area contributed by atoms with E-state index in [-0.39, 0.29) is 6.42 Å². The first kappa shape index (κ1) is 14.8. The molecule has 1 aromatic carbocycles. The Hall–Kier alpha value is -1.27. The van der Waals surface area contributed by atoms with E-state index in [2.05, 4.69) is 26.6 Å². The Balaban J connectivity index is 2.59. The van der Waals surface area contributed by atoms with Crippen molar-refractivity contribution in [2.24, 2.45) is 0 Å². The third kappa shape index (κ3) is 4.54. The van der Waals surface area contributed by atoms with E-state index in [0.717, 1.165) is 0 Å². The fourth-order valence-electron chi connectivity index (χ4n) is 1.30. The lowest BCUT2D eigenvalue weighted by Crippen LogP contribution is -2.37. The minimum absolute atomic E-state index is 0.135. The molecule has 7 heteroatoms. The molecule has 0 heterocycles. The van der Waals surface area contributed by atoms with E-state index in [0.29, 0.717) is 15.2 Å². The Labute approximate surface area is 118 Å². The molecule has 2 amide bonds. The first-order valence-electron chi connectivity index (χ1n) is 5.13. The third-order valence-electron chi connectivity index (χ3n) is 2.06. The lowest BCUT2D eigenvalue weighted by Gasteiger charge is -2.13. The summed E-state index contributed by atoms with van der Waals surface area (Å²) in [6.45, 7) is 1.61. The molecular formula is C11H12BrClN2O3. The van der Waals surface area contributed by atoms with Gasteiger partial charge >= 0.3 is 12.0 Å². The highest BCUT2D eigenvalue weighted by Crippen LogP contribution is 2.29. The van der Waals surface area contributed by atoms with Gasteiger partial charge in [0.1, 0.15) is 0 Å². The molecule has 0 saturated heterocycles. The maximum atomic E-state index is 11.6. The SMILES string of the molecule is CC(CC(=O)O)NC(=O)Nc1cccc(Cl)c1Br. The van der Waals surface area contributed by atoms with Crippen LogP contribution in [-0.4, -0.2) is 23.1 Å². The van der Waals surface area contributed by atoms with Crippen LogP contribution in [0.4, 0.5) is 10.5 Å². The van der Waals surface area contributed by atoms with Gasteiger partial charge in [0.05, 0.1) is 21.6 Å². The molecule has 1 rings (SSSR count). The van der Waals surface area contributed by atoms with Gasteiger partial charge in [0.25, 0.3) is 0 Å². The van der Waals surface area contributed by atoms with Crippen LogP contribution in [0.5, 0.6) is 0 Å². The van der Waals surface area contributed by atoms with Gasteiger partial charge in [-0.2, -0.15) is 0 Å². The van der Waals surface area contributed by atoms with Gasteiger partial charge < -0.3 is 15.7 Å². The smallest absolute Gasteiger partial charge is 0.319 e. The van der Waals surface area contributed by atoms with Gasteiger partial charge in [0.15, 0.2) is 0 Å². The number of carboxylic acids is 1. The van der Waals surface area contributed by atoms with Crippen molar-refractivity contribution in [3.8, 4) is 0 Å². The number of carbonyl (C=O) groups is 2. The number of aliphatic carboxylic acids is 1. The van der Waals surface area contributed by atoms with Gasteiger partial charge in [0.2, 0.25) is 0 Å². The summed E-state index contributed by atoms with van der Waals surface area (Å²) >= 11 is 9.12. The van der Waals surface area contributed by atoms with E-state index < -0.39 is 18.0 Å². The fraction of sp³-hybridized carbons (Fsp3) is 0.273. The molecule has 0 aliphatic heterocycles. The molecule has 0 saturated carbocycles. The summed E-state index contributed by atoms with van der Waals surface area (Å²) in [6.07, 6.45) is -0.135. The Morgan fingerprint density at radius 2 is 2.17 bits per heavy atom. The number of benzene rings is 1. The molecule has 18 heavy (non-hydrogen) atoms.